The predicted octanol–water partition coefficient (Wildman–Crippen LogP) is 2.80. The number of nitrogens with one attached hydrogen (secondary N) is 2. The summed E-state index contributed by atoms with van der Waals surface area (Å²) in [6.45, 7) is 1.75. The van der Waals surface area contributed by atoms with E-state index in [1.54, 1.807) is 24.1 Å². The maximum absolute atomic E-state index is 12.3. The first-order valence-electron chi connectivity index (χ1n) is 9.17. The van der Waals surface area contributed by atoms with Gasteiger partial charge in [0.25, 0.3) is 5.91 Å². The van der Waals surface area contributed by atoms with Crippen molar-refractivity contribution in [1.82, 2.24) is 15.5 Å². The minimum atomic E-state index is -0.0707. The average Bonchev–Trinajstić information content (AvgIpc) is 2.73. The van der Waals surface area contributed by atoms with Gasteiger partial charge in [-0.15, -0.1) is 0 Å². The maximum Gasteiger partial charge on any atom is 0.317 e. The molecule has 0 aliphatic carbocycles. The lowest BCUT2D eigenvalue weighted by Gasteiger charge is -2.32. The number of hydrogen-bond acceptors (Lipinski definition) is 3. The zero-order valence-electron chi connectivity index (χ0n) is 15.5. The third kappa shape index (κ3) is 5.23. The van der Waals surface area contributed by atoms with Gasteiger partial charge in [-0.25, -0.2) is 4.79 Å². The zero-order valence-corrected chi connectivity index (χ0v) is 15.5. The molecule has 0 radical (unpaired) electrons. The van der Waals surface area contributed by atoms with Crippen LogP contribution in [0.4, 0.5) is 4.79 Å². The van der Waals surface area contributed by atoms with Gasteiger partial charge < -0.3 is 20.3 Å². The van der Waals surface area contributed by atoms with E-state index in [1.807, 2.05) is 42.5 Å². The van der Waals surface area contributed by atoms with Crippen molar-refractivity contribution in [3.05, 3.63) is 65.7 Å². The molecule has 0 aromatic heterocycles. The summed E-state index contributed by atoms with van der Waals surface area (Å²) in [6.07, 6.45) is 1.52. The number of rotatable bonds is 5. The van der Waals surface area contributed by atoms with Crippen molar-refractivity contribution in [2.75, 3.05) is 20.2 Å². The Hall–Kier alpha value is -3.02. The van der Waals surface area contributed by atoms with Crippen molar-refractivity contribution in [3.8, 4) is 5.75 Å². The van der Waals surface area contributed by atoms with Crippen LogP contribution in [0.2, 0.25) is 0 Å². The second-order valence-electron chi connectivity index (χ2n) is 6.61. The molecular weight excluding hydrogens is 342 g/mol. The van der Waals surface area contributed by atoms with Crippen molar-refractivity contribution in [2.24, 2.45) is 0 Å². The lowest BCUT2D eigenvalue weighted by molar-refractivity contribution is 0.0918. The van der Waals surface area contributed by atoms with Crippen molar-refractivity contribution in [3.63, 3.8) is 0 Å². The second kappa shape index (κ2) is 9.07. The SMILES string of the molecule is COc1ccc(CNC(=O)N2CCC(NC(=O)c3ccccc3)CC2)cc1. The Morgan fingerprint density at radius 2 is 1.70 bits per heavy atom. The van der Waals surface area contributed by atoms with Gasteiger partial charge >= 0.3 is 6.03 Å². The highest BCUT2D eigenvalue weighted by Gasteiger charge is 2.24. The highest BCUT2D eigenvalue weighted by Crippen LogP contribution is 2.13. The van der Waals surface area contributed by atoms with E-state index in [1.165, 1.54) is 0 Å². The quantitative estimate of drug-likeness (QED) is 0.854. The number of benzene rings is 2. The largest absolute Gasteiger partial charge is 0.497 e. The number of hydrogen-bond donors (Lipinski definition) is 2. The van der Waals surface area contributed by atoms with E-state index in [4.69, 9.17) is 4.74 Å². The molecule has 1 fully saturated rings. The van der Waals surface area contributed by atoms with E-state index in [-0.39, 0.29) is 18.0 Å². The van der Waals surface area contributed by atoms with Crippen LogP contribution in [0.3, 0.4) is 0 Å². The highest BCUT2D eigenvalue weighted by molar-refractivity contribution is 5.94. The van der Waals surface area contributed by atoms with Crippen LogP contribution in [-0.2, 0) is 6.54 Å². The van der Waals surface area contributed by atoms with Crippen molar-refractivity contribution in [1.29, 1.82) is 0 Å². The number of carbonyl (C=O) groups is 2. The van der Waals surface area contributed by atoms with Crippen molar-refractivity contribution in [2.45, 2.75) is 25.4 Å². The summed E-state index contributed by atoms with van der Waals surface area (Å²) in [5.74, 6) is 0.739. The number of likely N-dealkylation sites (tertiary alicyclic amines) is 1. The van der Waals surface area contributed by atoms with Gasteiger partial charge in [0, 0.05) is 31.2 Å². The molecule has 2 N–H and O–H groups in total. The van der Waals surface area contributed by atoms with Crippen LogP contribution in [0, 0.1) is 0 Å². The normalized spacial score (nSPS) is 14.5. The molecule has 1 aliphatic rings. The van der Waals surface area contributed by atoms with Gasteiger partial charge in [0.15, 0.2) is 0 Å². The molecule has 1 saturated heterocycles. The number of urea groups is 1. The molecule has 1 aliphatic heterocycles. The summed E-state index contributed by atoms with van der Waals surface area (Å²) in [7, 11) is 1.63. The minimum Gasteiger partial charge on any atom is -0.497 e. The average molecular weight is 367 g/mol. The fraction of sp³-hybridized carbons (Fsp3) is 0.333. The van der Waals surface area contributed by atoms with Crippen LogP contribution in [-0.4, -0.2) is 43.1 Å². The monoisotopic (exact) mass is 367 g/mol. The number of carbonyl (C=O) groups excluding carboxylic acids is 2. The Balaban J connectivity index is 1.41. The summed E-state index contributed by atoms with van der Waals surface area (Å²) in [5.41, 5.74) is 1.69. The molecule has 6 nitrogen and oxygen atoms in total. The molecule has 0 bridgehead atoms. The Bertz CT molecular complexity index is 754. The van der Waals surface area contributed by atoms with E-state index >= 15 is 0 Å². The van der Waals surface area contributed by atoms with E-state index in [0.29, 0.717) is 25.2 Å². The van der Waals surface area contributed by atoms with Gasteiger partial charge in [-0.2, -0.15) is 0 Å². The van der Waals surface area contributed by atoms with Gasteiger partial charge in [-0.3, -0.25) is 4.79 Å². The van der Waals surface area contributed by atoms with Gasteiger partial charge in [-0.05, 0) is 42.7 Å². The Morgan fingerprint density at radius 3 is 2.33 bits per heavy atom. The number of methoxy groups -OCH3 is 1. The smallest absolute Gasteiger partial charge is 0.317 e. The number of ether oxygens (including phenoxy) is 1. The number of piperidine rings is 1. The summed E-state index contributed by atoms with van der Waals surface area (Å²) in [5, 5.41) is 6.00. The summed E-state index contributed by atoms with van der Waals surface area (Å²) in [6, 6.07) is 16.9. The molecule has 0 spiro atoms. The second-order valence-corrected chi connectivity index (χ2v) is 6.61. The molecule has 1 heterocycles. The molecule has 142 valence electrons. The lowest BCUT2D eigenvalue weighted by Crippen LogP contribution is -2.49. The number of amides is 3. The third-order valence-corrected chi connectivity index (χ3v) is 4.76. The lowest BCUT2D eigenvalue weighted by atomic mass is 10.0. The summed E-state index contributed by atoms with van der Waals surface area (Å²) < 4.78 is 5.13. The van der Waals surface area contributed by atoms with Crippen molar-refractivity contribution < 1.29 is 14.3 Å². The maximum atomic E-state index is 12.3. The topological polar surface area (TPSA) is 70.7 Å². The predicted molar refractivity (Wildman–Crippen MR) is 104 cm³/mol. The first kappa shape index (κ1) is 18.8. The van der Waals surface area contributed by atoms with E-state index in [0.717, 1.165) is 24.2 Å². The summed E-state index contributed by atoms with van der Waals surface area (Å²) in [4.78, 5) is 26.4. The molecule has 0 atom stereocenters. The fourth-order valence-electron chi connectivity index (χ4n) is 3.12. The van der Waals surface area contributed by atoms with Crippen LogP contribution < -0.4 is 15.4 Å². The molecule has 3 amide bonds. The van der Waals surface area contributed by atoms with Crippen LogP contribution in [0.1, 0.15) is 28.8 Å². The summed E-state index contributed by atoms with van der Waals surface area (Å²) >= 11 is 0. The Kier molecular flexibility index (Phi) is 6.30. The number of nitrogens with zero attached hydrogens (tertiary/aromatic N) is 1. The van der Waals surface area contributed by atoms with E-state index < -0.39 is 0 Å². The molecule has 6 heteroatoms. The van der Waals surface area contributed by atoms with Gasteiger partial charge in [-0.1, -0.05) is 30.3 Å². The highest BCUT2D eigenvalue weighted by atomic mass is 16.5. The molecule has 0 unspecified atom stereocenters. The molecule has 27 heavy (non-hydrogen) atoms. The van der Waals surface area contributed by atoms with Crippen molar-refractivity contribution >= 4 is 11.9 Å². The minimum absolute atomic E-state index is 0.0574. The molecular formula is C21H25N3O3. The molecule has 0 saturated carbocycles. The molecule has 2 aromatic rings. The standard InChI is InChI=1S/C21H25N3O3/c1-27-19-9-7-16(8-10-19)15-22-21(26)24-13-11-18(12-14-24)23-20(25)17-5-3-2-4-6-17/h2-10,18H,11-15H2,1H3,(H,22,26)(H,23,25). The Morgan fingerprint density at radius 1 is 1.04 bits per heavy atom. The van der Waals surface area contributed by atoms with Gasteiger partial charge in [0.05, 0.1) is 7.11 Å². The van der Waals surface area contributed by atoms with Gasteiger partial charge in [0.2, 0.25) is 0 Å². The molecule has 2 aromatic carbocycles. The zero-order chi connectivity index (χ0) is 19.1. The van der Waals surface area contributed by atoms with Crippen LogP contribution in [0.25, 0.3) is 0 Å². The third-order valence-electron chi connectivity index (χ3n) is 4.76. The van der Waals surface area contributed by atoms with Crippen LogP contribution in [0.5, 0.6) is 5.75 Å². The van der Waals surface area contributed by atoms with E-state index in [2.05, 4.69) is 10.6 Å². The first-order valence-corrected chi connectivity index (χ1v) is 9.17. The van der Waals surface area contributed by atoms with Gasteiger partial charge in [0.1, 0.15) is 5.75 Å². The van der Waals surface area contributed by atoms with Crippen LogP contribution >= 0.6 is 0 Å². The molecule has 3 rings (SSSR count). The van der Waals surface area contributed by atoms with Crippen LogP contribution in [0.15, 0.2) is 54.6 Å². The first-order chi connectivity index (χ1) is 13.2. The Labute approximate surface area is 159 Å². The van der Waals surface area contributed by atoms with E-state index in [9.17, 15) is 9.59 Å². The fourth-order valence-corrected chi connectivity index (χ4v) is 3.12.